The SMILES string of the molecule is CCc1noc(C(C)N2CCN(C(=O)Cc3ccc(C)cc3)CC2)n1. The van der Waals surface area contributed by atoms with Crippen molar-refractivity contribution in [1.29, 1.82) is 0 Å². The van der Waals surface area contributed by atoms with Gasteiger partial charge >= 0.3 is 0 Å². The first-order valence-corrected chi connectivity index (χ1v) is 8.96. The quantitative estimate of drug-likeness (QED) is 0.835. The molecule has 25 heavy (non-hydrogen) atoms. The molecular formula is C19H26N4O2. The highest BCUT2D eigenvalue weighted by Crippen LogP contribution is 2.20. The van der Waals surface area contributed by atoms with Crippen molar-refractivity contribution in [2.45, 2.75) is 39.7 Å². The Morgan fingerprint density at radius 3 is 2.48 bits per heavy atom. The van der Waals surface area contributed by atoms with E-state index in [4.69, 9.17) is 4.52 Å². The fraction of sp³-hybridized carbons (Fsp3) is 0.526. The largest absolute Gasteiger partial charge is 0.340 e. The maximum Gasteiger partial charge on any atom is 0.243 e. The van der Waals surface area contributed by atoms with Gasteiger partial charge in [-0.05, 0) is 19.4 Å². The van der Waals surface area contributed by atoms with Crippen LogP contribution in [0.1, 0.15) is 42.7 Å². The summed E-state index contributed by atoms with van der Waals surface area (Å²) in [5.41, 5.74) is 2.29. The van der Waals surface area contributed by atoms with Crippen LogP contribution in [0.15, 0.2) is 28.8 Å². The van der Waals surface area contributed by atoms with Crippen molar-refractivity contribution in [2.24, 2.45) is 0 Å². The van der Waals surface area contributed by atoms with Gasteiger partial charge in [-0.1, -0.05) is 41.9 Å². The van der Waals surface area contributed by atoms with E-state index in [1.54, 1.807) is 0 Å². The highest BCUT2D eigenvalue weighted by atomic mass is 16.5. The van der Waals surface area contributed by atoms with Crippen LogP contribution >= 0.6 is 0 Å². The molecule has 0 radical (unpaired) electrons. The average Bonchev–Trinajstić information content (AvgIpc) is 3.12. The molecule has 1 atom stereocenters. The smallest absolute Gasteiger partial charge is 0.243 e. The van der Waals surface area contributed by atoms with Crippen molar-refractivity contribution >= 4 is 5.91 Å². The number of aryl methyl sites for hydroxylation is 2. The minimum atomic E-state index is 0.0853. The zero-order valence-corrected chi connectivity index (χ0v) is 15.2. The second kappa shape index (κ2) is 7.78. The van der Waals surface area contributed by atoms with Crippen LogP contribution in [-0.4, -0.2) is 52.0 Å². The van der Waals surface area contributed by atoms with E-state index in [1.807, 2.05) is 24.0 Å². The van der Waals surface area contributed by atoms with Crippen LogP contribution in [0.2, 0.25) is 0 Å². The van der Waals surface area contributed by atoms with Gasteiger partial charge in [0.2, 0.25) is 11.8 Å². The number of piperazine rings is 1. The highest BCUT2D eigenvalue weighted by Gasteiger charge is 2.27. The van der Waals surface area contributed by atoms with Gasteiger partial charge in [0.25, 0.3) is 0 Å². The van der Waals surface area contributed by atoms with E-state index < -0.39 is 0 Å². The van der Waals surface area contributed by atoms with Gasteiger partial charge in [-0.2, -0.15) is 4.98 Å². The zero-order chi connectivity index (χ0) is 17.8. The van der Waals surface area contributed by atoms with E-state index in [9.17, 15) is 4.79 Å². The summed E-state index contributed by atoms with van der Waals surface area (Å²) >= 11 is 0. The van der Waals surface area contributed by atoms with Gasteiger partial charge in [0, 0.05) is 32.6 Å². The molecule has 3 rings (SSSR count). The lowest BCUT2D eigenvalue weighted by atomic mass is 10.1. The Kier molecular flexibility index (Phi) is 5.48. The molecule has 6 nitrogen and oxygen atoms in total. The predicted octanol–water partition coefficient (Wildman–Crippen LogP) is 2.39. The lowest BCUT2D eigenvalue weighted by Gasteiger charge is -2.36. The van der Waals surface area contributed by atoms with Crippen LogP contribution in [-0.2, 0) is 17.6 Å². The van der Waals surface area contributed by atoms with Crippen LogP contribution in [0, 0.1) is 6.92 Å². The minimum absolute atomic E-state index is 0.0853. The van der Waals surface area contributed by atoms with E-state index in [2.05, 4.69) is 41.0 Å². The van der Waals surface area contributed by atoms with Crippen molar-refractivity contribution in [3.8, 4) is 0 Å². The lowest BCUT2D eigenvalue weighted by molar-refractivity contribution is -0.132. The third-order valence-corrected chi connectivity index (χ3v) is 4.85. The molecule has 0 saturated carbocycles. The van der Waals surface area contributed by atoms with E-state index in [0.29, 0.717) is 12.3 Å². The Morgan fingerprint density at radius 2 is 1.88 bits per heavy atom. The average molecular weight is 342 g/mol. The number of hydrogen-bond acceptors (Lipinski definition) is 5. The Morgan fingerprint density at radius 1 is 1.20 bits per heavy atom. The summed E-state index contributed by atoms with van der Waals surface area (Å²) in [6.45, 7) is 9.27. The molecule has 6 heteroatoms. The molecule has 1 aromatic heterocycles. The molecule has 1 amide bonds. The number of aromatic nitrogens is 2. The van der Waals surface area contributed by atoms with Gasteiger partial charge in [0.05, 0.1) is 12.5 Å². The first-order valence-electron chi connectivity index (χ1n) is 8.96. The summed E-state index contributed by atoms with van der Waals surface area (Å²) < 4.78 is 5.35. The topological polar surface area (TPSA) is 62.5 Å². The number of rotatable bonds is 5. The summed E-state index contributed by atoms with van der Waals surface area (Å²) in [5, 5.41) is 3.97. The zero-order valence-electron chi connectivity index (χ0n) is 15.2. The molecule has 1 unspecified atom stereocenters. The van der Waals surface area contributed by atoms with E-state index in [-0.39, 0.29) is 11.9 Å². The monoisotopic (exact) mass is 342 g/mol. The Balaban J connectivity index is 1.52. The van der Waals surface area contributed by atoms with Crippen LogP contribution in [0.25, 0.3) is 0 Å². The van der Waals surface area contributed by atoms with Crippen molar-refractivity contribution in [2.75, 3.05) is 26.2 Å². The summed E-state index contributed by atoms with van der Waals surface area (Å²) in [4.78, 5) is 21.2. The maximum absolute atomic E-state index is 12.5. The molecule has 1 saturated heterocycles. The minimum Gasteiger partial charge on any atom is -0.340 e. The molecule has 134 valence electrons. The molecular weight excluding hydrogens is 316 g/mol. The Labute approximate surface area is 148 Å². The summed E-state index contributed by atoms with van der Waals surface area (Å²) in [6, 6.07) is 8.26. The molecule has 1 aromatic carbocycles. The second-order valence-corrected chi connectivity index (χ2v) is 6.66. The van der Waals surface area contributed by atoms with Crippen LogP contribution in [0.5, 0.6) is 0 Å². The molecule has 0 spiro atoms. The van der Waals surface area contributed by atoms with Gasteiger partial charge < -0.3 is 9.42 Å². The molecule has 1 aliphatic rings. The normalized spacial score (nSPS) is 16.8. The number of benzene rings is 1. The van der Waals surface area contributed by atoms with Crippen LogP contribution in [0.3, 0.4) is 0 Å². The number of carbonyl (C=O) groups excluding carboxylic acids is 1. The van der Waals surface area contributed by atoms with E-state index >= 15 is 0 Å². The van der Waals surface area contributed by atoms with Crippen molar-refractivity contribution in [3.05, 3.63) is 47.1 Å². The molecule has 0 N–H and O–H groups in total. The van der Waals surface area contributed by atoms with Crippen molar-refractivity contribution < 1.29 is 9.32 Å². The summed E-state index contributed by atoms with van der Waals surface area (Å²) in [6.07, 6.45) is 1.25. The third-order valence-electron chi connectivity index (χ3n) is 4.85. The fourth-order valence-electron chi connectivity index (χ4n) is 3.09. The molecule has 2 aromatic rings. The Hall–Kier alpha value is -2.21. The third kappa shape index (κ3) is 4.25. The Bertz CT molecular complexity index is 702. The van der Waals surface area contributed by atoms with E-state index in [0.717, 1.165) is 44.0 Å². The predicted molar refractivity (Wildman–Crippen MR) is 95.1 cm³/mol. The summed E-state index contributed by atoms with van der Waals surface area (Å²) in [7, 11) is 0. The first-order chi connectivity index (χ1) is 12.1. The molecule has 2 heterocycles. The van der Waals surface area contributed by atoms with E-state index in [1.165, 1.54) is 5.56 Å². The van der Waals surface area contributed by atoms with Crippen molar-refractivity contribution in [1.82, 2.24) is 19.9 Å². The van der Waals surface area contributed by atoms with Gasteiger partial charge in [-0.25, -0.2) is 0 Å². The molecule has 1 fully saturated rings. The maximum atomic E-state index is 12.5. The number of carbonyl (C=O) groups is 1. The summed E-state index contributed by atoms with van der Waals surface area (Å²) in [5.74, 6) is 1.60. The molecule has 0 aliphatic carbocycles. The second-order valence-electron chi connectivity index (χ2n) is 6.66. The lowest BCUT2D eigenvalue weighted by Crippen LogP contribution is -2.49. The standard InChI is InChI=1S/C19H26N4O2/c1-4-17-20-19(25-21-17)15(3)22-9-11-23(12-10-22)18(24)13-16-7-5-14(2)6-8-16/h5-8,15H,4,9-13H2,1-3H3. The van der Waals surface area contributed by atoms with Crippen molar-refractivity contribution in [3.63, 3.8) is 0 Å². The number of amides is 1. The van der Waals surface area contributed by atoms with Gasteiger partial charge in [0.1, 0.15) is 0 Å². The fourth-order valence-corrected chi connectivity index (χ4v) is 3.09. The van der Waals surface area contributed by atoms with Gasteiger partial charge in [-0.15, -0.1) is 0 Å². The molecule has 1 aliphatic heterocycles. The van der Waals surface area contributed by atoms with Gasteiger partial charge in [-0.3, -0.25) is 9.69 Å². The van der Waals surface area contributed by atoms with Gasteiger partial charge in [0.15, 0.2) is 5.82 Å². The molecule has 0 bridgehead atoms. The van der Waals surface area contributed by atoms with Crippen LogP contribution < -0.4 is 0 Å². The number of hydrogen-bond donors (Lipinski definition) is 0. The first kappa shape index (κ1) is 17.6. The highest BCUT2D eigenvalue weighted by molar-refractivity contribution is 5.78. The van der Waals surface area contributed by atoms with Crippen LogP contribution in [0.4, 0.5) is 0 Å². The number of nitrogens with zero attached hydrogens (tertiary/aromatic N) is 4.